The Kier molecular flexibility index (Phi) is 5.62. The average Bonchev–Trinajstić information content (AvgIpc) is 3.08. The fraction of sp³-hybridized carbons (Fsp3) is 0.0952. The van der Waals surface area contributed by atoms with E-state index in [1.165, 1.54) is 12.1 Å². The molecule has 2 heterocycles. The fourth-order valence-corrected chi connectivity index (χ4v) is 4.26. The van der Waals surface area contributed by atoms with E-state index >= 15 is 0 Å². The predicted molar refractivity (Wildman–Crippen MR) is 117 cm³/mol. The normalized spacial score (nSPS) is 11.3. The minimum absolute atomic E-state index is 0.0818. The van der Waals surface area contributed by atoms with E-state index in [1.807, 2.05) is 19.9 Å². The van der Waals surface area contributed by atoms with Crippen molar-refractivity contribution in [3.8, 4) is 17.4 Å². The maximum absolute atomic E-state index is 12.5. The van der Waals surface area contributed by atoms with Gasteiger partial charge in [0.2, 0.25) is 5.88 Å². The zero-order chi connectivity index (χ0) is 22.0. The van der Waals surface area contributed by atoms with Gasteiger partial charge in [0.15, 0.2) is 5.82 Å². The van der Waals surface area contributed by atoms with E-state index in [2.05, 4.69) is 20.0 Å². The van der Waals surface area contributed by atoms with Crippen molar-refractivity contribution in [1.29, 1.82) is 0 Å². The number of aromatic nitrogens is 4. The lowest BCUT2D eigenvalue weighted by molar-refractivity contribution is 0.454. The molecule has 0 amide bonds. The van der Waals surface area contributed by atoms with Gasteiger partial charge in [-0.1, -0.05) is 17.7 Å². The largest absolute Gasteiger partial charge is 0.438 e. The SMILES string of the molecule is Cc1cc(C)n(-c2ccc(Oc3ccc(NS(=O)(=O)c4cccc(Cl)c4)cc3)nn2)n1. The first-order chi connectivity index (χ1) is 14.8. The molecule has 0 saturated heterocycles. The number of rotatable bonds is 6. The van der Waals surface area contributed by atoms with Crippen LogP contribution in [0.1, 0.15) is 11.4 Å². The van der Waals surface area contributed by atoms with Crippen LogP contribution < -0.4 is 9.46 Å². The molecule has 0 atom stereocenters. The number of sulfonamides is 1. The standard InChI is InChI=1S/C21H18ClN5O3S/c1-14-12-15(2)27(25-14)20-10-11-21(24-23-20)30-18-8-6-17(7-9-18)26-31(28,29)19-5-3-4-16(22)13-19/h3-13,26H,1-2H3. The molecule has 1 N–H and O–H groups in total. The highest BCUT2D eigenvalue weighted by Gasteiger charge is 2.14. The second-order valence-corrected chi connectivity index (χ2v) is 8.88. The molecule has 0 spiro atoms. The summed E-state index contributed by atoms with van der Waals surface area (Å²) in [5.74, 6) is 1.38. The first-order valence-corrected chi connectivity index (χ1v) is 11.1. The lowest BCUT2D eigenvalue weighted by Crippen LogP contribution is -2.12. The summed E-state index contributed by atoms with van der Waals surface area (Å²) in [5.41, 5.74) is 2.24. The number of hydrogen-bond donors (Lipinski definition) is 1. The van der Waals surface area contributed by atoms with Crippen LogP contribution >= 0.6 is 11.6 Å². The molecule has 0 aliphatic heterocycles. The Hall–Kier alpha value is -3.43. The van der Waals surface area contributed by atoms with Crippen LogP contribution in [0.5, 0.6) is 11.6 Å². The van der Waals surface area contributed by atoms with Crippen molar-refractivity contribution in [3.63, 3.8) is 0 Å². The van der Waals surface area contributed by atoms with E-state index in [0.29, 0.717) is 28.2 Å². The van der Waals surface area contributed by atoms with Gasteiger partial charge in [-0.3, -0.25) is 4.72 Å². The van der Waals surface area contributed by atoms with Gasteiger partial charge in [0.1, 0.15) is 5.75 Å². The Labute approximate surface area is 184 Å². The van der Waals surface area contributed by atoms with Gasteiger partial charge in [0, 0.05) is 22.5 Å². The number of halogens is 1. The quantitative estimate of drug-likeness (QED) is 0.458. The minimum atomic E-state index is -3.75. The molecule has 0 saturated carbocycles. The molecule has 31 heavy (non-hydrogen) atoms. The van der Waals surface area contributed by atoms with E-state index in [-0.39, 0.29) is 4.90 Å². The molecule has 2 aromatic carbocycles. The third-order valence-electron chi connectivity index (χ3n) is 4.29. The lowest BCUT2D eigenvalue weighted by atomic mass is 10.3. The second kappa shape index (κ2) is 8.37. The van der Waals surface area contributed by atoms with Crippen LogP contribution in [0.2, 0.25) is 5.02 Å². The molecule has 8 nitrogen and oxygen atoms in total. The van der Waals surface area contributed by atoms with Crippen LogP contribution in [0.4, 0.5) is 5.69 Å². The number of ether oxygens (including phenoxy) is 1. The van der Waals surface area contributed by atoms with Gasteiger partial charge in [-0.15, -0.1) is 10.2 Å². The molecular weight excluding hydrogens is 438 g/mol. The van der Waals surface area contributed by atoms with Crippen molar-refractivity contribution in [2.75, 3.05) is 4.72 Å². The van der Waals surface area contributed by atoms with E-state index in [4.69, 9.17) is 16.3 Å². The average molecular weight is 456 g/mol. The molecule has 0 bridgehead atoms. The minimum Gasteiger partial charge on any atom is -0.438 e. The number of benzene rings is 2. The van der Waals surface area contributed by atoms with Crippen molar-refractivity contribution >= 4 is 27.3 Å². The summed E-state index contributed by atoms with van der Waals surface area (Å²) in [6.07, 6.45) is 0. The van der Waals surface area contributed by atoms with Crippen LogP contribution in [0.3, 0.4) is 0 Å². The Balaban J connectivity index is 1.44. The highest BCUT2D eigenvalue weighted by Crippen LogP contribution is 2.24. The number of nitrogens with zero attached hydrogens (tertiary/aromatic N) is 4. The monoisotopic (exact) mass is 455 g/mol. The summed E-state index contributed by atoms with van der Waals surface area (Å²) in [6, 6.07) is 17.9. The van der Waals surface area contributed by atoms with Gasteiger partial charge < -0.3 is 4.74 Å². The molecule has 4 rings (SSSR count). The number of anilines is 1. The number of nitrogens with one attached hydrogen (secondary N) is 1. The summed E-state index contributed by atoms with van der Waals surface area (Å²) in [5, 5.41) is 12.9. The van der Waals surface area contributed by atoms with E-state index in [9.17, 15) is 8.42 Å². The van der Waals surface area contributed by atoms with Gasteiger partial charge in [0.25, 0.3) is 10.0 Å². The summed E-state index contributed by atoms with van der Waals surface area (Å²) in [4.78, 5) is 0.0818. The van der Waals surface area contributed by atoms with Crippen LogP contribution in [-0.4, -0.2) is 28.4 Å². The molecule has 158 valence electrons. The zero-order valence-electron chi connectivity index (χ0n) is 16.7. The summed E-state index contributed by atoms with van der Waals surface area (Å²) in [6.45, 7) is 3.85. The molecular formula is C21H18ClN5O3S. The molecule has 0 aliphatic carbocycles. The summed E-state index contributed by atoms with van der Waals surface area (Å²) >= 11 is 5.88. The Morgan fingerprint density at radius 2 is 1.74 bits per heavy atom. The highest BCUT2D eigenvalue weighted by molar-refractivity contribution is 7.92. The predicted octanol–water partition coefficient (Wildman–Crippen LogP) is 4.53. The molecule has 0 unspecified atom stereocenters. The third-order valence-corrected chi connectivity index (χ3v) is 5.90. The van der Waals surface area contributed by atoms with Crippen molar-refractivity contribution in [2.24, 2.45) is 0 Å². The molecule has 0 radical (unpaired) electrons. The summed E-state index contributed by atoms with van der Waals surface area (Å²) in [7, 11) is -3.75. The molecule has 0 aliphatic rings. The van der Waals surface area contributed by atoms with E-state index in [1.54, 1.807) is 53.2 Å². The lowest BCUT2D eigenvalue weighted by Gasteiger charge is -2.10. The van der Waals surface area contributed by atoms with Gasteiger partial charge in [-0.25, -0.2) is 13.1 Å². The Morgan fingerprint density at radius 3 is 2.35 bits per heavy atom. The van der Waals surface area contributed by atoms with E-state index in [0.717, 1.165) is 11.4 Å². The first-order valence-electron chi connectivity index (χ1n) is 9.24. The number of hydrogen-bond acceptors (Lipinski definition) is 6. The first kappa shape index (κ1) is 20.8. The van der Waals surface area contributed by atoms with Crippen LogP contribution in [0, 0.1) is 13.8 Å². The Morgan fingerprint density at radius 1 is 0.968 bits per heavy atom. The third kappa shape index (κ3) is 4.84. The van der Waals surface area contributed by atoms with Crippen molar-refractivity contribution < 1.29 is 13.2 Å². The maximum Gasteiger partial charge on any atom is 0.261 e. The molecule has 4 aromatic rings. The van der Waals surface area contributed by atoms with Gasteiger partial charge in [0.05, 0.1) is 10.6 Å². The van der Waals surface area contributed by atoms with Gasteiger partial charge in [-0.2, -0.15) is 5.10 Å². The van der Waals surface area contributed by atoms with Gasteiger partial charge >= 0.3 is 0 Å². The molecule has 10 heteroatoms. The zero-order valence-corrected chi connectivity index (χ0v) is 18.2. The summed E-state index contributed by atoms with van der Waals surface area (Å²) < 4.78 is 34.9. The van der Waals surface area contributed by atoms with Crippen molar-refractivity contribution in [2.45, 2.75) is 18.7 Å². The van der Waals surface area contributed by atoms with Crippen molar-refractivity contribution in [1.82, 2.24) is 20.0 Å². The van der Waals surface area contributed by atoms with Crippen molar-refractivity contribution in [3.05, 3.63) is 83.1 Å². The van der Waals surface area contributed by atoms with Gasteiger partial charge in [-0.05, 0) is 68.4 Å². The Bertz CT molecular complexity index is 1320. The second-order valence-electron chi connectivity index (χ2n) is 6.76. The van der Waals surface area contributed by atoms with E-state index < -0.39 is 10.0 Å². The number of aryl methyl sites for hydroxylation is 2. The smallest absolute Gasteiger partial charge is 0.261 e. The fourth-order valence-electron chi connectivity index (χ4n) is 2.90. The molecule has 0 fully saturated rings. The van der Waals surface area contributed by atoms with Crippen LogP contribution in [0.25, 0.3) is 5.82 Å². The van der Waals surface area contributed by atoms with Crippen LogP contribution in [0.15, 0.2) is 71.6 Å². The topological polar surface area (TPSA) is 99.0 Å². The van der Waals surface area contributed by atoms with Crippen LogP contribution in [-0.2, 0) is 10.0 Å². The maximum atomic E-state index is 12.5. The molecule has 2 aromatic heterocycles. The highest BCUT2D eigenvalue weighted by atomic mass is 35.5.